The first-order chi connectivity index (χ1) is 12.6. The molecule has 2 aromatic carbocycles. The van der Waals surface area contributed by atoms with Crippen molar-refractivity contribution in [2.24, 2.45) is 5.10 Å². The number of hydrogen-bond donors (Lipinski definition) is 2. The van der Waals surface area contributed by atoms with Gasteiger partial charge in [0.15, 0.2) is 11.8 Å². The Morgan fingerprint density at radius 1 is 1.07 bits per heavy atom. The van der Waals surface area contributed by atoms with Crippen molar-refractivity contribution in [2.75, 3.05) is 11.9 Å². The van der Waals surface area contributed by atoms with Gasteiger partial charge in [-0.15, -0.1) is 0 Å². The number of rotatable bonds is 3. The maximum Gasteiger partial charge on any atom is 0.346 e. The number of nitrogens with one attached hydrogen (secondary N) is 1. The summed E-state index contributed by atoms with van der Waals surface area (Å²) in [6.07, 6.45) is 3.16. The van der Waals surface area contributed by atoms with Crippen molar-refractivity contribution in [3.05, 3.63) is 72.5 Å². The summed E-state index contributed by atoms with van der Waals surface area (Å²) in [4.78, 5) is 14.4. The molecule has 6 nitrogen and oxygen atoms in total. The number of hydrogen-bond acceptors (Lipinski definition) is 3. The summed E-state index contributed by atoms with van der Waals surface area (Å²) in [7, 11) is 1.84. The number of aliphatic hydroxyl groups is 1. The van der Waals surface area contributed by atoms with E-state index in [0.717, 1.165) is 11.4 Å². The van der Waals surface area contributed by atoms with Crippen LogP contribution in [0.25, 0.3) is 0 Å². The van der Waals surface area contributed by atoms with Gasteiger partial charge in [-0.3, -0.25) is 4.90 Å². The molecule has 2 aromatic rings. The highest BCUT2D eigenvalue weighted by Gasteiger charge is 2.24. The molecule has 0 aliphatic carbocycles. The number of halogens is 1. The monoisotopic (exact) mass is 384 g/mol. The van der Waals surface area contributed by atoms with Crippen molar-refractivity contribution < 1.29 is 26.9 Å². The van der Waals surface area contributed by atoms with Gasteiger partial charge in [-0.25, -0.2) is 14.8 Å². The van der Waals surface area contributed by atoms with E-state index < -0.39 is 0 Å². The average Bonchev–Trinajstić information content (AvgIpc) is 2.65. The van der Waals surface area contributed by atoms with Crippen LogP contribution in [0.3, 0.4) is 0 Å². The Morgan fingerprint density at radius 2 is 1.59 bits per heavy atom. The number of benzene rings is 2. The maximum absolute atomic E-state index is 12.9. The Hall–Kier alpha value is -3.12. The smallest absolute Gasteiger partial charge is 0.346 e. The Balaban J connectivity index is 0.00000261. The lowest BCUT2D eigenvalue weighted by Gasteiger charge is -2.22. The molecule has 27 heavy (non-hydrogen) atoms. The van der Waals surface area contributed by atoms with Gasteiger partial charge in [-0.2, -0.15) is 5.10 Å². The number of amides is 2. The third-order valence-electron chi connectivity index (χ3n) is 4.18. The maximum atomic E-state index is 12.9. The van der Waals surface area contributed by atoms with Crippen LogP contribution in [0.4, 0.5) is 16.2 Å². The molecule has 0 bridgehead atoms. The number of carbonyl (C=O) groups is 1. The molecule has 140 valence electrons. The number of carbonyl (C=O) groups excluding carboxylic acids is 1. The van der Waals surface area contributed by atoms with Crippen LogP contribution in [-0.4, -0.2) is 40.7 Å². The number of hydrazone groups is 1. The fourth-order valence-corrected chi connectivity index (χ4v) is 2.66. The van der Waals surface area contributed by atoms with Crippen LogP contribution in [-0.2, 0) is 0 Å². The highest BCUT2D eigenvalue weighted by molar-refractivity contribution is 6.05. The first-order valence-electron chi connectivity index (χ1n) is 8.31. The zero-order valence-electron chi connectivity index (χ0n) is 15.1. The van der Waals surface area contributed by atoms with Gasteiger partial charge in [0.1, 0.15) is 12.8 Å². The van der Waals surface area contributed by atoms with E-state index in [4.69, 9.17) is 0 Å². The van der Waals surface area contributed by atoms with Crippen LogP contribution in [0.1, 0.15) is 6.92 Å². The van der Waals surface area contributed by atoms with Crippen LogP contribution in [0, 0.1) is 0 Å². The van der Waals surface area contributed by atoms with Gasteiger partial charge in [-0.1, -0.05) is 36.4 Å². The molecule has 2 amide bonds. The first-order valence-corrected chi connectivity index (χ1v) is 8.31. The minimum Gasteiger partial charge on any atom is -1.00 e. The predicted octanol–water partition coefficient (Wildman–Crippen LogP) is 0.451. The zero-order valence-corrected chi connectivity index (χ0v) is 15.8. The van der Waals surface area contributed by atoms with Crippen molar-refractivity contribution in [1.82, 2.24) is 5.43 Å². The fraction of sp³-hybridized carbons (Fsp3) is 0.150. The van der Waals surface area contributed by atoms with E-state index >= 15 is 0 Å². The van der Waals surface area contributed by atoms with E-state index in [1.807, 2.05) is 79.2 Å². The van der Waals surface area contributed by atoms with Gasteiger partial charge in [0.25, 0.3) is 0 Å². The predicted molar refractivity (Wildman–Crippen MR) is 103 cm³/mol. The van der Waals surface area contributed by atoms with Gasteiger partial charge in [-0.05, 0) is 24.3 Å². The number of aliphatic hydroxyl groups excluding tert-OH is 1. The Kier molecular flexibility index (Phi) is 6.73. The molecule has 0 radical (unpaired) electrons. The van der Waals surface area contributed by atoms with E-state index in [0.29, 0.717) is 5.71 Å². The molecule has 7 heteroatoms. The van der Waals surface area contributed by atoms with Gasteiger partial charge in [0.05, 0.1) is 11.4 Å². The summed E-state index contributed by atoms with van der Waals surface area (Å²) < 4.78 is 1.83. The van der Waals surface area contributed by atoms with Crippen molar-refractivity contribution >= 4 is 29.3 Å². The molecule has 1 heterocycles. The van der Waals surface area contributed by atoms with Crippen molar-refractivity contribution in [1.29, 1.82) is 0 Å². The standard InChI is InChI=1S/C20H20N4O2.ClH/c1-15-19(13-18(25)14-23(15)2)21-22-20(26)24(16-9-5-3-6-10-16)17-11-7-4-8-12-17;/h3-15,25H,1-2H3;1H. The largest absolute Gasteiger partial charge is 1.00 e. The third kappa shape index (κ3) is 4.74. The van der Waals surface area contributed by atoms with E-state index in [2.05, 4.69) is 10.5 Å². The first kappa shape index (κ1) is 20.2. The van der Waals surface area contributed by atoms with Crippen LogP contribution < -0.4 is 22.7 Å². The molecule has 1 aliphatic rings. The summed E-state index contributed by atoms with van der Waals surface area (Å²) in [5, 5.41) is 14.0. The van der Waals surface area contributed by atoms with Crippen molar-refractivity contribution in [3.63, 3.8) is 0 Å². The van der Waals surface area contributed by atoms with E-state index in [1.54, 1.807) is 17.2 Å². The minimum atomic E-state index is -0.382. The number of para-hydroxylation sites is 2. The molecule has 2 N–H and O–H groups in total. The molecule has 0 fully saturated rings. The van der Waals surface area contributed by atoms with E-state index in [9.17, 15) is 9.90 Å². The molecular weight excluding hydrogens is 364 g/mol. The summed E-state index contributed by atoms with van der Waals surface area (Å²) in [5.41, 5.74) is 4.64. The molecule has 0 saturated heterocycles. The van der Waals surface area contributed by atoms with Crippen LogP contribution in [0.15, 0.2) is 77.6 Å². The number of anilines is 2. The Bertz CT molecular complexity index is 840. The number of allylic oxidation sites excluding steroid dienone is 1. The molecule has 1 aliphatic heterocycles. The van der Waals surface area contributed by atoms with E-state index in [1.165, 1.54) is 0 Å². The lowest BCUT2D eigenvalue weighted by Crippen LogP contribution is -3.00. The SMILES string of the molecule is CC1C(=NNC(=O)N(c2ccccc2)c2ccccc2)C=C(O)C=[N+]1C.[Cl-]. The highest BCUT2D eigenvalue weighted by atomic mass is 35.5. The van der Waals surface area contributed by atoms with Crippen molar-refractivity contribution in [2.45, 2.75) is 13.0 Å². The van der Waals surface area contributed by atoms with Crippen LogP contribution in [0.5, 0.6) is 0 Å². The lowest BCUT2D eigenvalue weighted by atomic mass is 10.1. The number of nitrogens with zero attached hydrogens (tertiary/aromatic N) is 3. The molecule has 0 aromatic heterocycles. The quantitative estimate of drug-likeness (QED) is 0.596. The fourth-order valence-electron chi connectivity index (χ4n) is 2.66. The second kappa shape index (κ2) is 9.00. The summed E-state index contributed by atoms with van der Waals surface area (Å²) in [5.74, 6) is 0.0987. The van der Waals surface area contributed by atoms with Gasteiger partial charge < -0.3 is 17.5 Å². The summed E-state index contributed by atoms with van der Waals surface area (Å²) >= 11 is 0. The third-order valence-corrected chi connectivity index (χ3v) is 4.18. The molecular formula is C20H21ClN4O2. The Morgan fingerprint density at radius 3 is 2.11 bits per heavy atom. The van der Waals surface area contributed by atoms with Crippen LogP contribution in [0.2, 0.25) is 0 Å². The number of urea groups is 1. The van der Waals surface area contributed by atoms with Gasteiger partial charge >= 0.3 is 6.03 Å². The van der Waals surface area contributed by atoms with Gasteiger partial charge in [0.2, 0.25) is 6.21 Å². The lowest BCUT2D eigenvalue weighted by molar-refractivity contribution is -0.511. The molecule has 1 atom stereocenters. The van der Waals surface area contributed by atoms with E-state index in [-0.39, 0.29) is 30.2 Å². The molecule has 3 rings (SSSR count). The molecule has 0 saturated carbocycles. The van der Waals surface area contributed by atoms with Crippen molar-refractivity contribution in [3.8, 4) is 0 Å². The highest BCUT2D eigenvalue weighted by Crippen LogP contribution is 2.24. The molecule has 0 spiro atoms. The second-order valence-corrected chi connectivity index (χ2v) is 6.00. The minimum absolute atomic E-state index is 0. The topological polar surface area (TPSA) is 67.9 Å². The Labute approximate surface area is 164 Å². The summed E-state index contributed by atoms with van der Waals surface area (Å²) in [6, 6.07) is 18.3. The molecule has 1 unspecified atom stereocenters. The summed E-state index contributed by atoms with van der Waals surface area (Å²) in [6.45, 7) is 1.94. The normalized spacial score (nSPS) is 17.4. The van der Waals surface area contributed by atoms with Crippen LogP contribution >= 0.6 is 0 Å². The average molecular weight is 385 g/mol. The zero-order chi connectivity index (χ0) is 18.5. The second-order valence-electron chi connectivity index (χ2n) is 6.00. The van der Waals surface area contributed by atoms with Gasteiger partial charge in [0, 0.05) is 13.0 Å².